The minimum absolute atomic E-state index is 0.0173. The van der Waals surface area contributed by atoms with Crippen LogP contribution in [0.3, 0.4) is 0 Å². The van der Waals surface area contributed by atoms with Crippen LogP contribution in [0.1, 0.15) is 24.9 Å². The van der Waals surface area contributed by atoms with Crippen LogP contribution in [0.25, 0.3) is 10.8 Å². The SMILES string of the molecule is COc1ccc(C(CC(=O)NS(=O)(=O)c2cccc3cnccc23)NC(C)=O)cc1. The van der Waals surface area contributed by atoms with Crippen molar-refractivity contribution in [3.63, 3.8) is 0 Å². The number of ether oxygens (including phenoxy) is 1. The van der Waals surface area contributed by atoms with Gasteiger partial charge in [-0.25, -0.2) is 13.1 Å². The fourth-order valence-corrected chi connectivity index (χ4v) is 4.32. The minimum Gasteiger partial charge on any atom is -0.497 e. The number of benzene rings is 2. The highest BCUT2D eigenvalue weighted by atomic mass is 32.2. The second-order valence-electron chi connectivity index (χ2n) is 6.61. The van der Waals surface area contributed by atoms with Gasteiger partial charge in [-0.15, -0.1) is 0 Å². The summed E-state index contributed by atoms with van der Waals surface area (Å²) in [5, 5.41) is 3.78. The Morgan fingerprint density at radius 2 is 1.83 bits per heavy atom. The lowest BCUT2D eigenvalue weighted by atomic mass is 10.0. The van der Waals surface area contributed by atoms with Crippen LogP contribution in [0, 0.1) is 0 Å². The van der Waals surface area contributed by atoms with E-state index in [-0.39, 0.29) is 17.2 Å². The Morgan fingerprint density at radius 3 is 2.50 bits per heavy atom. The number of carbonyl (C=O) groups is 2. The number of hydrogen-bond donors (Lipinski definition) is 2. The normalized spacial score (nSPS) is 12.2. The van der Waals surface area contributed by atoms with Crippen LogP contribution in [0.4, 0.5) is 0 Å². The fraction of sp³-hybridized carbons (Fsp3) is 0.190. The third-order valence-corrected chi connectivity index (χ3v) is 5.90. The number of amides is 2. The van der Waals surface area contributed by atoms with Crippen LogP contribution in [-0.4, -0.2) is 32.3 Å². The lowest BCUT2D eigenvalue weighted by molar-refractivity contribution is -0.121. The largest absolute Gasteiger partial charge is 0.497 e. The molecule has 0 aliphatic heterocycles. The maximum absolute atomic E-state index is 12.8. The van der Waals surface area contributed by atoms with Crippen molar-refractivity contribution in [3.05, 3.63) is 66.5 Å². The predicted octanol–water partition coefficient (Wildman–Crippen LogP) is 2.32. The monoisotopic (exact) mass is 427 g/mol. The number of pyridine rings is 1. The number of methoxy groups -OCH3 is 1. The molecule has 9 heteroatoms. The smallest absolute Gasteiger partial charge is 0.264 e. The van der Waals surface area contributed by atoms with Crippen molar-refractivity contribution in [1.82, 2.24) is 15.0 Å². The maximum Gasteiger partial charge on any atom is 0.264 e. The second kappa shape index (κ2) is 8.91. The fourth-order valence-electron chi connectivity index (χ4n) is 3.09. The molecule has 0 radical (unpaired) electrons. The molecule has 1 atom stereocenters. The molecule has 0 saturated carbocycles. The Hall–Kier alpha value is -3.46. The van der Waals surface area contributed by atoms with Gasteiger partial charge in [-0.05, 0) is 29.8 Å². The number of carbonyl (C=O) groups excluding carboxylic acids is 2. The summed E-state index contributed by atoms with van der Waals surface area (Å²) in [5.41, 5.74) is 0.648. The Balaban J connectivity index is 1.82. The van der Waals surface area contributed by atoms with Crippen molar-refractivity contribution in [1.29, 1.82) is 0 Å². The van der Waals surface area contributed by atoms with Crippen LogP contribution < -0.4 is 14.8 Å². The highest BCUT2D eigenvalue weighted by molar-refractivity contribution is 7.90. The first-order valence-corrected chi connectivity index (χ1v) is 10.6. The summed E-state index contributed by atoms with van der Waals surface area (Å²) in [7, 11) is -2.58. The van der Waals surface area contributed by atoms with E-state index >= 15 is 0 Å². The molecule has 0 aliphatic rings. The highest BCUT2D eigenvalue weighted by Crippen LogP contribution is 2.23. The summed E-state index contributed by atoms with van der Waals surface area (Å²) in [5.74, 6) is -0.457. The van der Waals surface area contributed by atoms with Crippen molar-refractivity contribution in [3.8, 4) is 5.75 Å². The highest BCUT2D eigenvalue weighted by Gasteiger charge is 2.23. The van der Waals surface area contributed by atoms with Crippen molar-refractivity contribution in [2.45, 2.75) is 24.3 Å². The molecule has 1 aromatic heterocycles. The molecule has 0 bridgehead atoms. The molecule has 2 amide bonds. The molecule has 3 aromatic rings. The Kier molecular flexibility index (Phi) is 6.31. The minimum atomic E-state index is -4.11. The van der Waals surface area contributed by atoms with E-state index in [1.54, 1.807) is 48.7 Å². The van der Waals surface area contributed by atoms with Gasteiger partial charge in [0.2, 0.25) is 11.8 Å². The molecular weight excluding hydrogens is 406 g/mol. The van der Waals surface area contributed by atoms with Crippen LogP contribution in [0.5, 0.6) is 5.75 Å². The number of fused-ring (bicyclic) bond motifs is 1. The zero-order valence-corrected chi connectivity index (χ0v) is 17.3. The zero-order valence-electron chi connectivity index (χ0n) is 16.5. The van der Waals surface area contributed by atoms with Gasteiger partial charge in [0.15, 0.2) is 0 Å². The molecule has 2 N–H and O–H groups in total. The van der Waals surface area contributed by atoms with Gasteiger partial charge < -0.3 is 10.1 Å². The molecule has 1 heterocycles. The Morgan fingerprint density at radius 1 is 1.10 bits per heavy atom. The summed E-state index contributed by atoms with van der Waals surface area (Å²) < 4.78 is 32.9. The maximum atomic E-state index is 12.8. The lowest BCUT2D eigenvalue weighted by Gasteiger charge is -2.18. The second-order valence-corrected chi connectivity index (χ2v) is 8.26. The molecule has 1 unspecified atom stereocenters. The summed E-state index contributed by atoms with van der Waals surface area (Å²) in [6.45, 7) is 1.33. The van der Waals surface area contributed by atoms with Gasteiger partial charge in [-0.2, -0.15) is 0 Å². The summed E-state index contributed by atoms with van der Waals surface area (Å²) in [6, 6.07) is 12.4. The molecule has 8 nitrogen and oxygen atoms in total. The zero-order chi connectivity index (χ0) is 21.7. The van der Waals surface area contributed by atoms with E-state index in [1.807, 2.05) is 0 Å². The third-order valence-electron chi connectivity index (χ3n) is 4.46. The van der Waals surface area contributed by atoms with Gasteiger partial charge in [-0.1, -0.05) is 24.3 Å². The summed E-state index contributed by atoms with van der Waals surface area (Å²) >= 11 is 0. The average Bonchev–Trinajstić information content (AvgIpc) is 2.72. The van der Waals surface area contributed by atoms with Crippen molar-refractivity contribution in [2.24, 2.45) is 0 Å². The van der Waals surface area contributed by atoms with Gasteiger partial charge >= 0.3 is 0 Å². The Bertz CT molecular complexity index is 1170. The van der Waals surface area contributed by atoms with Crippen LogP contribution in [-0.2, 0) is 19.6 Å². The van der Waals surface area contributed by atoms with E-state index < -0.39 is 22.0 Å². The van der Waals surface area contributed by atoms with Gasteiger partial charge in [0.1, 0.15) is 5.75 Å². The van der Waals surface area contributed by atoms with Crippen LogP contribution in [0.15, 0.2) is 65.8 Å². The third kappa shape index (κ3) is 4.93. The predicted molar refractivity (Wildman–Crippen MR) is 111 cm³/mol. The lowest BCUT2D eigenvalue weighted by Crippen LogP contribution is -2.35. The molecule has 156 valence electrons. The summed E-state index contributed by atoms with van der Waals surface area (Å²) in [4.78, 5) is 28.1. The van der Waals surface area contributed by atoms with Crippen LogP contribution in [0.2, 0.25) is 0 Å². The van der Waals surface area contributed by atoms with Crippen molar-refractivity contribution >= 4 is 32.6 Å². The molecule has 0 spiro atoms. The van der Waals surface area contributed by atoms with Crippen molar-refractivity contribution in [2.75, 3.05) is 7.11 Å². The Labute approximate surface area is 174 Å². The topological polar surface area (TPSA) is 114 Å². The van der Waals surface area contributed by atoms with Gasteiger partial charge in [0, 0.05) is 30.1 Å². The number of sulfonamides is 1. The van der Waals surface area contributed by atoms with Gasteiger partial charge in [0.25, 0.3) is 10.0 Å². The number of hydrogen-bond acceptors (Lipinski definition) is 6. The van der Waals surface area contributed by atoms with Gasteiger partial charge in [0.05, 0.1) is 24.5 Å². The number of nitrogens with one attached hydrogen (secondary N) is 2. The molecule has 0 aliphatic carbocycles. The standard InChI is InChI=1S/C21H21N3O5S/c1-14(25)23-19(15-6-8-17(29-2)9-7-15)12-21(26)24-30(27,28)20-5-3-4-16-13-22-11-10-18(16)20/h3-11,13,19H,12H2,1-2H3,(H,23,25)(H,24,26). The van der Waals surface area contributed by atoms with E-state index in [2.05, 4.69) is 15.0 Å². The molecule has 2 aromatic carbocycles. The summed E-state index contributed by atoms with van der Waals surface area (Å²) in [6.07, 6.45) is 2.78. The van der Waals surface area contributed by atoms with E-state index in [0.717, 1.165) is 0 Å². The average molecular weight is 427 g/mol. The quantitative estimate of drug-likeness (QED) is 0.598. The van der Waals surface area contributed by atoms with Crippen LogP contribution >= 0.6 is 0 Å². The van der Waals surface area contributed by atoms with E-state index in [9.17, 15) is 18.0 Å². The molecule has 3 rings (SSSR count). The molecule has 0 fully saturated rings. The number of nitrogens with zero attached hydrogens (tertiary/aromatic N) is 1. The molecule has 30 heavy (non-hydrogen) atoms. The molecular formula is C21H21N3O5S. The van der Waals surface area contributed by atoms with E-state index in [1.165, 1.54) is 26.3 Å². The van der Waals surface area contributed by atoms with Crippen molar-refractivity contribution < 1.29 is 22.7 Å². The first-order chi connectivity index (χ1) is 14.3. The number of rotatable bonds is 7. The van der Waals surface area contributed by atoms with E-state index in [0.29, 0.717) is 22.1 Å². The first kappa shape index (κ1) is 21.3. The molecule has 0 saturated heterocycles. The number of aromatic nitrogens is 1. The van der Waals surface area contributed by atoms with E-state index in [4.69, 9.17) is 4.74 Å². The van der Waals surface area contributed by atoms with Gasteiger partial charge in [-0.3, -0.25) is 14.6 Å². The first-order valence-electron chi connectivity index (χ1n) is 9.09.